The van der Waals surface area contributed by atoms with Crippen molar-refractivity contribution in [3.8, 4) is 5.75 Å². The maximum absolute atomic E-state index is 13.2. The lowest BCUT2D eigenvalue weighted by molar-refractivity contribution is 0.306. The van der Waals surface area contributed by atoms with Crippen LogP contribution in [0.4, 0.5) is 10.1 Å². The van der Waals surface area contributed by atoms with Gasteiger partial charge in [0.15, 0.2) is 5.75 Å². The van der Waals surface area contributed by atoms with Gasteiger partial charge in [0.05, 0.1) is 15.7 Å². The van der Waals surface area contributed by atoms with Gasteiger partial charge in [0, 0.05) is 6.21 Å². The lowest BCUT2D eigenvalue weighted by Crippen LogP contribution is -1.98. The fraction of sp³-hybridized carbons (Fsp3) is 0.0500. The molecule has 0 atom stereocenters. The fourth-order valence-electron chi connectivity index (χ4n) is 2.24. The second kappa shape index (κ2) is 8.15. The predicted molar refractivity (Wildman–Crippen MR) is 101 cm³/mol. The van der Waals surface area contributed by atoms with Crippen molar-refractivity contribution in [2.45, 2.75) is 6.61 Å². The maximum Gasteiger partial charge on any atom is 0.157 e. The monoisotopic (exact) mass is 373 g/mol. The molecule has 3 aromatic rings. The number of ether oxygens (including phenoxy) is 1. The summed E-state index contributed by atoms with van der Waals surface area (Å²) in [4.78, 5) is 4.37. The van der Waals surface area contributed by atoms with E-state index < -0.39 is 0 Å². The third-order valence-electron chi connectivity index (χ3n) is 3.41. The summed E-state index contributed by atoms with van der Waals surface area (Å²) in [6, 6.07) is 19.2. The minimum Gasteiger partial charge on any atom is -0.486 e. The van der Waals surface area contributed by atoms with E-state index in [0.29, 0.717) is 21.4 Å². The summed E-state index contributed by atoms with van der Waals surface area (Å²) in [5.74, 6) is 0.0511. The number of halogens is 3. The number of hydrogen-bond donors (Lipinski definition) is 0. The molecule has 25 heavy (non-hydrogen) atoms. The first kappa shape index (κ1) is 17.5. The summed E-state index contributed by atoms with van der Waals surface area (Å²) in [6.45, 7) is 0.175. The SMILES string of the molecule is Fc1cccc(COc2c(Cl)cc(C=Nc3ccccc3)cc2Cl)c1. The van der Waals surface area contributed by atoms with Crippen molar-refractivity contribution in [2.75, 3.05) is 0 Å². The summed E-state index contributed by atoms with van der Waals surface area (Å²) < 4.78 is 18.9. The Morgan fingerprint density at radius 2 is 1.64 bits per heavy atom. The third kappa shape index (κ3) is 4.81. The maximum atomic E-state index is 13.2. The Morgan fingerprint density at radius 3 is 2.32 bits per heavy atom. The molecule has 0 aromatic heterocycles. The predicted octanol–water partition coefficient (Wildman–Crippen LogP) is 6.46. The molecule has 0 spiro atoms. The molecule has 126 valence electrons. The zero-order valence-electron chi connectivity index (χ0n) is 13.1. The molecule has 0 fully saturated rings. The van der Waals surface area contributed by atoms with Crippen LogP contribution in [0.5, 0.6) is 5.75 Å². The zero-order valence-corrected chi connectivity index (χ0v) is 14.6. The van der Waals surface area contributed by atoms with E-state index in [0.717, 1.165) is 11.3 Å². The van der Waals surface area contributed by atoms with Crippen LogP contribution < -0.4 is 4.74 Å². The van der Waals surface area contributed by atoms with Gasteiger partial charge in [-0.25, -0.2) is 4.39 Å². The highest BCUT2D eigenvalue weighted by Crippen LogP contribution is 2.34. The normalized spacial score (nSPS) is 11.0. The molecule has 0 radical (unpaired) electrons. The summed E-state index contributed by atoms with van der Waals surface area (Å²) in [5, 5.41) is 0.747. The van der Waals surface area contributed by atoms with Gasteiger partial charge < -0.3 is 4.74 Å². The molecule has 0 saturated carbocycles. The van der Waals surface area contributed by atoms with Gasteiger partial charge in [0.25, 0.3) is 0 Å². The van der Waals surface area contributed by atoms with Gasteiger partial charge in [0.1, 0.15) is 12.4 Å². The highest BCUT2D eigenvalue weighted by atomic mass is 35.5. The number of nitrogens with zero attached hydrogens (tertiary/aromatic N) is 1. The van der Waals surface area contributed by atoms with Crippen LogP contribution in [-0.2, 0) is 6.61 Å². The van der Waals surface area contributed by atoms with Gasteiger partial charge >= 0.3 is 0 Å². The Morgan fingerprint density at radius 1 is 0.920 bits per heavy atom. The number of aliphatic imine (C=N–C) groups is 1. The summed E-state index contributed by atoms with van der Waals surface area (Å²) in [5.41, 5.74) is 2.29. The third-order valence-corrected chi connectivity index (χ3v) is 3.97. The van der Waals surface area contributed by atoms with Crippen molar-refractivity contribution >= 4 is 35.1 Å². The van der Waals surface area contributed by atoms with E-state index >= 15 is 0 Å². The van der Waals surface area contributed by atoms with E-state index in [4.69, 9.17) is 27.9 Å². The van der Waals surface area contributed by atoms with Crippen molar-refractivity contribution in [2.24, 2.45) is 4.99 Å². The molecule has 0 aliphatic heterocycles. The molecule has 0 amide bonds. The first-order chi connectivity index (χ1) is 12.1. The van der Waals surface area contributed by atoms with Crippen LogP contribution in [0, 0.1) is 5.82 Å². The minimum absolute atomic E-state index is 0.175. The van der Waals surface area contributed by atoms with Crippen molar-refractivity contribution in [3.05, 3.63) is 93.7 Å². The first-order valence-electron chi connectivity index (χ1n) is 7.57. The summed E-state index contributed by atoms with van der Waals surface area (Å²) in [6.07, 6.45) is 1.68. The number of para-hydroxylation sites is 1. The van der Waals surface area contributed by atoms with Gasteiger partial charge in [-0.15, -0.1) is 0 Å². The van der Waals surface area contributed by atoms with Crippen molar-refractivity contribution < 1.29 is 9.13 Å². The molecule has 0 unspecified atom stereocenters. The Labute approximate surface area is 155 Å². The average molecular weight is 374 g/mol. The number of benzene rings is 3. The Hall–Kier alpha value is -2.36. The fourth-order valence-corrected chi connectivity index (χ4v) is 2.85. The molecule has 0 saturated heterocycles. The molecule has 0 bridgehead atoms. The Balaban J connectivity index is 1.75. The van der Waals surface area contributed by atoms with E-state index in [1.165, 1.54) is 12.1 Å². The Kier molecular flexibility index (Phi) is 5.69. The van der Waals surface area contributed by atoms with E-state index in [2.05, 4.69) is 4.99 Å². The van der Waals surface area contributed by atoms with E-state index in [9.17, 15) is 4.39 Å². The number of hydrogen-bond acceptors (Lipinski definition) is 2. The first-order valence-corrected chi connectivity index (χ1v) is 8.33. The summed E-state index contributed by atoms with van der Waals surface area (Å²) in [7, 11) is 0. The lowest BCUT2D eigenvalue weighted by Gasteiger charge is -2.11. The molecule has 2 nitrogen and oxygen atoms in total. The molecule has 5 heteroatoms. The van der Waals surface area contributed by atoms with Crippen LogP contribution in [-0.4, -0.2) is 6.21 Å². The van der Waals surface area contributed by atoms with Crippen molar-refractivity contribution in [1.82, 2.24) is 0 Å². The van der Waals surface area contributed by atoms with Crippen LogP contribution in [0.25, 0.3) is 0 Å². The second-order valence-corrected chi connectivity index (χ2v) is 6.14. The molecule has 0 heterocycles. The van der Waals surface area contributed by atoms with Crippen LogP contribution in [0.1, 0.15) is 11.1 Å². The van der Waals surface area contributed by atoms with Crippen LogP contribution >= 0.6 is 23.2 Å². The van der Waals surface area contributed by atoms with Crippen LogP contribution in [0.15, 0.2) is 71.7 Å². The molecule has 0 aliphatic rings. The van der Waals surface area contributed by atoms with E-state index in [-0.39, 0.29) is 12.4 Å². The van der Waals surface area contributed by atoms with Crippen molar-refractivity contribution in [3.63, 3.8) is 0 Å². The standard InChI is InChI=1S/C20H14Cl2FNO/c21-18-10-15(12-24-17-7-2-1-3-8-17)11-19(22)20(18)25-13-14-5-4-6-16(23)9-14/h1-12H,13H2. The van der Waals surface area contributed by atoms with Crippen LogP contribution in [0.2, 0.25) is 10.0 Å². The molecule has 0 N–H and O–H groups in total. The van der Waals surface area contributed by atoms with Gasteiger partial charge in [-0.05, 0) is 47.5 Å². The van der Waals surface area contributed by atoms with E-state index in [1.54, 1.807) is 30.5 Å². The van der Waals surface area contributed by atoms with Gasteiger partial charge in [0.2, 0.25) is 0 Å². The molecular weight excluding hydrogens is 360 g/mol. The highest BCUT2D eigenvalue weighted by Gasteiger charge is 2.10. The molecule has 0 aliphatic carbocycles. The van der Waals surface area contributed by atoms with Gasteiger partial charge in [-0.1, -0.05) is 53.5 Å². The molecular formula is C20H14Cl2FNO. The molecule has 3 rings (SSSR count). The highest BCUT2D eigenvalue weighted by molar-refractivity contribution is 6.37. The van der Waals surface area contributed by atoms with Gasteiger partial charge in [-0.3, -0.25) is 4.99 Å². The largest absolute Gasteiger partial charge is 0.486 e. The Bertz CT molecular complexity index is 874. The molecule has 3 aromatic carbocycles. The van der Waals surface area contributed by atoms with Crippen molar-refractivity contribution in [1.29, 1.82) is 0 Å². The minimum atomic E-state index is -0.314. The lowest BCUT2D eigenvalue weighted by atomic mass is 10.2. The second-order valence-electron chi connectivity index (χ2n) is 5.33. The quantitative estimate of drug-likeness (QED) is 0.470. The van der Waals surface area contributed by atoms with E-state index in [1.807, 2.05) is 30.3 Å². The van der Waals surface area contributed by atoms with Crippen LogP contribution in [0.3, 0.4) is 0 Å². The average Bonchev–Trinajstić information content (AvgIpc) is 2.60. The number of rotatable bonds is 5. The summed E-state index contributed by atoms with van der Waals surface area (Å²) >= 11 is 12.5. The zero-order chi connectivity index (χ0) is 17.6. The topological polar surface area (TPSA) is 21.6 Å². The smallest absolute Gasteiger partial charge is 0.157 e. The van der Waals surface area contributed by atoms with Gasteiger partial charge in [-0.2, -0.15) is 0 Å².